The van der Waals surface area contributed by atoms with Crippen molar-refractivity contribution >= 4 is 56.9 Å². The van der Waals surface area contributed by atoms with Crippen molar-refractivity contribution in [1.82, 2.24) is 4.98 Å². The van der Waals surface area contributed by atoms with E-state index in [0.29, 0.717) is 32.5 Å². The molecular weight excluding hydrogens is 432 g/mol. The number of hydrogen-bond donors (Lipinski definition) is 3. The molecule has 2 aromatic carbocycles. The van der Waals surface area contributed by atoms with Crippen LogP contribution >= 0.6 is 22.7 Å². The van der Waals surface area contributed by atoms with Gasteiger partial charge in [0.1, 0.15) is 0 Å². The number of nitrogens with one attached hydrogen (secondary N) is 3. The van der Waals surface area contributed by atoms with E-state index in [1.807, 2.05) is 11.4 Å². The first kappa shape index (κ1) is 20.5. The predicted octanol–water partition coefficient (Wildman–Crippen LogP) is 4.96. The van der Waals surface area contributed by atoms with Crippen molar-refractivity contribution in [3.05, 3.63) is 93.6 Å². The SMILES string of the molecule is O=C(Nc1ccccc1C(=O)Nc1nccs1)c1ccc(NC(=O)c2cccs2)cc1. The number of anilines is 3. The van der Waals surface area contributed by atoms with Gasteiger partial charge < -0.3 is 10.6 Å². The van der Waals surface area contributed by atoms with Gasteiger partial charge in [0.2, 0.25) is 0 Å². The number of hydrogen-bond acceptors (Lipinski definition) is 6. The van der Waals surface area contributed by atoms with Crippen LogP contribution in [0, 0.1) is 0 Å². The predicted molar refractivity (Wildman–Crippen MR) is 123 cm³/mol. The van der Waals surface area contributed by atoms with Gasteiger partial charge in [-0.15, -0.1) is 22.7 Å². The second-order valence-corrected chi connectivity index (χ2v) is 8.14. The zero-order chi connectivity index (χ0) is 21.6. The molecule has 2 heterocycles. The molecule has 9 heteroatoms. The maximum Gasteiger partial charge on any atom is 0.265 e. The van der Waals surface area contributed by atoms with Gasteiger partial charge in [-0.1, -0.05) is 18.2 Å². The zero-order valence-electron chi connectivity index (χ0n) is 16.0. The summed E-state index contributed by atoms with van der Waals surface area (Å²) >= 11 is 2.66. The molecule has 2 aromatic heterocycles. The smallest absolute Gasteiger partial charge is 0.265 e. The van der Waals surface area contributed by atoms with Crippen LogP contribution in [0.25, 0.3) is 0 Å². The maximum atomic E-state index is 12.7. The Morgan fingerprint density at radius 3 is 2.23 bits per heavy atom. The van der Waals surface area contributed by atoms with E-state index >= 15 is 0 Å². The van der Waals surface area contributed by atoms with Crippen LogP contribution < -0.4 is 16.0 Å². The van der Waals surface area contributed by atoms with Crippen LogP contribution in [0.4, 0.5) is 16.5 Å². The molecule has 0 radical (unpaired) electrons. The quantitative estimate of drug-likeness (QED) is 0.388. The lowest BCUT2D eigenvalue weighted by Crippen LogP contribution is -2.18. The number of rotatable bonds is 6. The summed E-state index contributed by atoms with van der Waals surface area (Å²) in [5.41, 5.74) is 1.69. The Bertz CT molecular complexity index is 1200. The van der Waals surface area contributed by atoms with Crippen molar-refractivity contribution in [2.45, 2.75) is 0 Å². The first-order valence-corrected chi connectivity index (χ1v) is 10.9. The number of thiazole rings is 1. The van der Waals surface area contributed by atoms with Crippen LogP contribution in [0.15, 0.2) is 77.6 Å². The van der Waals surface area contributed by atoms with Crippen LogP contribution in [0.3, 0.4) is 0 Å². The Labute approximate surface area is 185 Å². The molecule has 154 valence electrons. The summed E-state index contributed by atoms with van der Waals surface area (Å²) in [5.74, 6) is -0.935. The fraction of sp³-hybridized carbons (Fsp3) is 0. The molecule has 7 nitrogen and oxygen atoms in total. The first-order valence-electron chi connectivity index (χ1n) is 9.16. The number of carbonyl (C=O) groups is 3. The summed E-state index contributed by atoms with van der Waals surface area (Å²) in [7, 11) is 0. The standard InChI is InChI=1S/C22H16N4O3S2/c27-19(14-7-9-15(10-8-14)24-21(29)18-6-3-12-30-18)25-17-5-2-1-4-16(17)20(28)26-22-23-11-13-31-22/h1-13H,(H,24,29)(H,25,27)(H,23,26,28). The highest BCUT2D eigenvalue weighted by Gasteiger charge is 2.15. The van der Waals surface area contributed by atoms with Crippen LogP contribution in [0.1, 0.15) is 30.4 Å². The lowest BCUT2D eigenvalue weighted by molar-refractivity contribution is 0.101. The Morgan fingerprint density at radius 2 is 1.52 bits per heavy atom. The van der Waals surface area contributed by atoms with E-state index in [1.54, 1.807) is 66.2 Å². The fourth-order valence-electron chi connectivity index (χ4n) is 2.74. The second kappa shape index (κ2) is 9.33. The van der Waals surface area contributed by atoms with Crippen molar-refractivity contribution in [3.63, 3.8) is 0 Å². The molecule has 0 unspecified atom stereocenters. The molecule has 0 saturated carbocycles. The van der Waals surface area contributed by atoms with Crippen molar-refractivity contribution in [2.75, 3.05) is 16.0 Å². The Morgan fingerprint density at radius 1 is 0.710 bits per heavy atom. The van der Waals surface area contributed by atoms with E-state index in [4.69, 9.17) is 0 Å². The van der Waals surface area contributed by atoms with Crippen molar-refractivity contribution in [3.8, 4) is 0 Å². The Kier molecular flexibility index (Phi) is 6.16. The van der Waals surface area contributed by atoms with E-state index in [2.05, 4.69) is 20.9 Å². The number of benzene rings is 2. The molecule has 0 atom stereocenters. The van der Waals surface area contributed by atoms with Gasteiger partial charge in [-0.25, -0.2) is 4.98 Å². The molecule has 0 fully saturated rings. The Balaban J connectivity index is 1.44. The number of amides is 3. The molecule has 0 saturated heterocycles. The summed E-state index contributed by atoms with van der Waals surface area (Å²) in [6.07, 6.45) is 1.60. The summed E-state index contributed by atoms with van der Waals surface area (Å²) in [5, 5.41) is 12.3. The van der Waals surface area contributed by atoms with Crippen molar-refractivity contribution in [2.24, 2.45) is 0 Å². The van der Waals surface area contributed by atoms with Crippen LogP contribution in [-0.4, -0.2) is 22.7 Å². The minimum absolute atomic E-state index is 0.202. The summed E-state index contributed by atoms with van der Waals surface area (Å²) < 4.78 is 0. The number of nitrogens with zero attached hydrogens (tertiary/aromatic N) is 1. The fourth-order valence-corrected chi connectivity index (χ4v) is 3.88. The van der Waals surface area contributed by atoms with Gasteiger partial charge >= 0.3 is 0 Å². The molecule has 3 amide bonds. The molecule has 0 aliphatic rings. The van der Waals surface area contributed by atoms with Crippen molar-refractivity contribution in [1.29, 1.82) is 0 Å². The third-order valence-electron chi connectivity index (χ3n) is 4.22. The average molecular weight is 449 g/mol. The molecule has 0 bridgehead atoms. The molecule has 0 aliphatic heterocycles. The van der Waals surface area contributed by atoms with Gasteiger partial charge in [0.05, 0.1) is 16.1 Å². The number of carbonyl (C=O) groups excluding carboxylic acids is 3. The molecular formula is C22H16N4O3S2. The topological polar surface area (TPSA) is 100 Å². The summed E-state index contributed by atoms with van der Waals surface area (Å²) in [6, 6.07) is 16.8. The minimum atomic E-state index is -0.370. The van der Waals surface area contributed by atoms with Gasteiger partial charge in [-0.05, 0) is 47.8 Å². The van der Waals surface area contributed by atoms with E-state index in [0.717, 1.165) is 0 Å². The van der Waals surface area contributed by atoms with E-state index in [1.165, 1.54) is 22.7 Å². The number of thiophene rings is 1. The molecule has 0 spiro atoms. The molecule has 4 rings (SSSR count). The minimum Gasteiger partial charge on any atom is -0.321 e. The highest BCUT2D eigenvalue weighted by atomic mass is 32.1. The summed E-state index contributed by atoms with van der Waals surface area (Å²) in [4.78, 5) is 42.0. The van der Waals surface area contributed by atoms with Gasteiger partial charge in [0.15, 0.2) is 5.13 Å². The average Bonchev–Trinajstić information content (AvgIpc) is 3.49. The highest BCUT2D eigenvalue weighted by molar-refractivity contribution is 7.13. The van der Waals surface area contributed by atoms with Crippen molar-refractivity contribution < 1.29 is 14.4 Å². The third kappa shape index (κ3) is 5.03. The zero-order valence-corrected chi connectivity index (χ0v) is 17.6. The number of aromatic nitrogens is 1. The van der Waals surface area contributed by atoms with E-state index in [-0.39, 0.29) is 17.7 Å². The van der Waals surface area contributed by atoms with Gasteiger partial charge in [-0.3, -0.25) is 19.7 Å². The monoisotopic (exact) mass is 448 g/mol. The van der Waals surface area contributed by atoms with Crippen LogP contribution in [0.5, 0.6) is 0 Å². The lowest BCUT2D eigenvalue weighted by Gasteiger charge is -2.11. The first-order chi connectivity index (χ1) is 15.1. The summed E-state index contributed by atoms with van der Waals surface area (Å²) in [6.45, 7) is 0. The Hall–Kier alpha value is -3.82. The highest BCUT2D eigenvalue weighted by Crippen LogP contribution is 2.20. The maximum absolute atomic E-state index is 12.7. The molecule has 4 aromatic rings. The normalized spacial score (nSPS) is 10.3. The van der Waals surface area contributed by atoms with E-state index < -0.39 is 0 Å². The molecule has 31 heavy (non-hydrogen) atoms. The second-order valence-electron chi connectivity index (χ2n) is 6.30. The van der Waals surface area contributed by atoms with Gasteiger partial charge in [0.25, 0.3) is 17.7 Å². The van der Waals surface area contributed by atoms with Crippen LogP contribution in [-0.2, 0) is 0 Å². The third-order valence-corrected chi connectivity index (χ3v) is 5.78. The lowest BCUT2D eigenvalue weighted by atomic mass is 10.1. The molecule has 0 aliphatic carbocycles. The van der Waals surface area contributed by atoms with Crippen LogP contribution in [0.2, 0.25) is 0 Å². The molecule has 3 N–H and O–H groups in total. The largest absolute Gasteiger partial charge is 0.321 e. The van der Waals surface area contributed by atoms with E-state index in [9.17, 15) is 14.4 Å². The van der Waals surface area contributed by atoms with Gasteiger partial charge in [0, 0.05) is 22.8 Å². The van der Waals surface area contributed by atoms with Gasteiger partial charge in [-0.2, -0.15) is 0 Å². The number of para-hydroxylation sites is 1.